The number of morpholine rings is 1. The third kappa shape index (κ3) is 4.70. The van der Waals surface area contributed by atoms with Gasteiger partial charge in [0.1, 0.15) is 18.5 Å². The predicted molar refractivity (Wildman–Crippen MR) is 85.9 cm³/mol. The minimum absolute atomic E-state index is 0.149. The van der Waals surface area contributed by atoms with Gasteiger partial charge in [-0.1, -0.05) is 25.1 Å². The molecule has 2 unspecified atom stereocenters. The lowest BCUT2D eigenvalue weighted by Gasteiger charge is -2.30. The normalized spacial score (nSPS) is 21.2. The first-order valence-electron chi connectivity index (χ1n) is 7.87. The van der Waals surface area contributed by atoms with Crippen LogP contribution >= 0.6 is 0 Å². The molecule has 0 saturated carbocycles. The quantitative estimate of drug-likeness (QED) is 0.871. The molecule has 2 N–H and O–H groups in total. The summed E-state index contributed by atoms with van der Waals surface area (Å²) < 4.78 is 11.9. The molecule has 1 saturated heterocycles. The van der Waals surface area contributed by atoms with Crippen molar-refractivity contribution < 1.29 is 9.47 Å². The van der Waals surface area contributed by atoms with Crippen molar-refractivity contribution in [2.75, 3.05) is 33.4 Å². The number of hydrogen-bond donors (Lipinski definition) is 1. The molecule has 0 amide bonds. The van der Waals surface area contributed by atoms with E-state index < -0.39 is 0 Å². The third-order valence-electron chi connectivity index (χ3n) is 4.06. The molecule has 4 nitrogen and oxygen atoms in total. The van der Waals surface area contributed by atoms with Gasteiger partial charge in [-0.25, -0.2) is 0 Å². The number of nitrogens with zero attached hydrogens (tertiary/aromatic N) is 1. The summed E-state index contributed by atoms with van der Waals surface area (Å²) in [5.74, 6) is 0.984. The Morgan fingerprint density at radius 3 is 3.00 bits per heavy atom. The highest BCUT2D eigenvalue weighted by molar-refractivity contribution is 5.41. The van der Waals surface area contributed by atoms with Gasteiger partial charge in [-0.05, 0) is 37.9 Å². The standard InChI is InChI=1S/C17H28N2O2/c1-4-15(18)10-14-7-5-6-13(2)17(14)21-12-16-11-19(3)8-9-20-16/h5-7,15-16H,4,8-12,18H2,1-3H3. The second kappa shape index (κ2) is 7.78. The summed E-state index contributed by atoms with van der Waals surface area (Å²) >= 11 is 0. The zero-order valence-electron chi connectivity index (χ0n) is 13.5. The van der Waals surface area contributed by atoms with Crippen LogP contribution in [0.5, 0.6) is 5.75 Å². The molecule has 0 aromatic heterocycles. The fourth-order valence-corrected chi connectivity index (χ4v) is 2.65. The van der Waals surface area contributed by atoms with E-state index in [9.17, 15) is 0 Å². The van der Waals surface area contributed by atoms with Crippen LogP contribution < -0.4 is 10.5 Å². The number of likely N-dealkylation sites (N-methyl/N-ethyl adjacent to an activating group) is 1. The molecule has 1 heterocycles. The van der Waals surface area contributed by atoms with Crippen LogP contribution in [0.4, 0.5) is 0 Å². The van der Waals surface area contributed by atoms with Gasteiger partial charge in [0.15, 0.2) is 0 Å². The number of para-hydroxylation sites is 1. The van der Waals surface area contributed by atoms with Crippen LogP contribution in [0, 0.1) is 6.92 Å². The van der Waals surface area contributed by atoms with Crippen molar-refractivity contribution in [2.45, 2.75) is 38.8 Å². The number of ether oxygens (including phenoxy) is 2. The van der Waals surface area contributed by atoms with Crippen molar-refractivity contribution >= 4 is 0 Å². The van der Waals surface area contributed by atoms with Gasteiger partial charge in [0.2, 0.25) is 0 Å². The van der Waals surface area contributed by atoms with Gasteiger partial charge in [-0.2, -0.15) is 0 Å². The van der Waals surface area contributed by atoms with Crippen molar-refractivity contribution in [3.8, 4) is 5.75 Å². The highest BCUT2D eigenvalue weighted by Crippen LogP contribution is 2.25. The molecule has 4 heteroatoms. The van der Waals surface area contributed by atoms with Crippen molar-refractivity contribution in [1.82, 2.24) is 4.90 Å². The second-order valence-electron chi connectivity index (χ2n) is 6.00. The molecule has 1 fully saturated rings. The zero-order valence-corrected chi connectivity index (χ0v) is 13.5. The van der Waals surface area contributed by atoms with Crippen LogP contribution in [0.15, 0.2) is 18.2 Å². The molecule has 118 valence electrons. The van der Waals surface area contributed by atoms with Crippen LogP contribution in [-0.2, 0) is 11.2 Å². The van der Waals surface area contributed by atoms with Crippen LogP contribution in [-0.4, -0.2) is 50.4 Å². The van der Waals surface area contributed by atoms with Crippen molar-refractivity contribution in [1.29, 1.82) is 0 Å². The molecule has 2 rings (SSSR count). The van der Waals surface area contributed by atoms with Gasteiger partial charge < -0.3 is 20.1 Å². The van der Waals surface area contributed by atoms with E-state index in [1.165, 1.54) is 11.1 Å². The minimum Gasteiger partial charge on any atom is -0.490 e. The molecule has 21 heavy (non-hydrogen) atoms. The van der Waals surface area contributed by atoms with Gasteiger partial charge >= 0.3 is 0 Å². The summed E-state index contributed by atoms with van der Waals surface area (Å²) in [5, 5.41) is 0. The van der Waals surface area contributed by atoms with Crippen LogP contribution in [0.25, 0.3) is 0 Å². The SMILES string of the molecule is CCC(N)Cc1cccc(C)c1OCC1CN(C)CCO1. The zero-order chi connectivity index (χ0) is 15.2. The Hall–Kier alpha value is -1.10. The van der Waals surface area contributed by atoms with Crippen LogP contribution in [0.2, 0.25) is 0 Å². The topological polar surface area (TPSA) is 47.7 Å². The fourth-order valence-electron chi connectivity index (χ4n) is 2.65. The third-order valence-corrected chi connectivity index (χ3v) is 4.06. The molecule has 0 bridgehead atoms. The molecule has 0 aliphatic carbocycles. The van der Waals surface area contributed by atoms with Gasteiger partial charge in [0, 0.05) is 19.1 Å². The smallest absolute Gasteiger partial charge is 0.125 e. The summed E-state index contributed by atoms with van der Waals surface area (Å²) in [6.07, 6.45) is 1.99. The summed E-state index contributed by atoms with van der Waals surface area (Å²) in [7, 11) is 2.12. The van der Waals surface area contributed by atoms with Gasteiger partial charge in [-0.15, -0.1) is 0 Å². The predicted octanol–water partition coefficient (Wildman–Crippen LogP) is 1.98. The maximum atomic E-state index is 6.09. The lowest BCUT2D eigenvalue weighted by Crippen LogP contribution is -2.42. The average molecular weight is 292 g/mol. The fraction of sp³-hybridized carbons (Fsp3) is 0.647. The molecular weight excluding hydrogens is 264 g/mol. The summed E-state index contributed by atoms with van der Waals surface area (Å²) in [6.45, 7) is 7.51. The van der Waals surface area contributed by atoms with Gasteiger partial charge in [-0.3, -0.25) is 0 Å². The number of hydrogen-bond acceptors (Lipinski definition) is 4. The molecule has 1 aromatic carbocycles. The van der Waals surface area contributed by atoms with Crippen LogP contribution in [0.1, 0.15) is 24.5 Å². The van der Waals surface area contributed by atoms with Crippen LogP contribution in [0.3, 0.4) is 0 Å². The minimum atomic E-state index is 0.149. The Morgan fingerprint density at radius 1 is 1.48 bits per heavy atom. The first-order chi connectivity index (χ1) is 10.1. The van der Waals surface area contributed by atoms with Crippen molar-refractivity contribution in [3.05, 3.63) is 29.3 Å². The molecule has 2 atom stereocenters. The Labute approximate surface area is 128 Å². The maximum absolute atomic E-state index is 6.09. The Morgan fingerprint density at radius 2 is 2.29 bits per heavy atom. The molecule has 1 aromatic rings. The Kier molecular flexibility index (Phi) is 6.03. The van der Waals surface area contributed by atoms with Crippen molar-refractivity contribution in [3.63, 3.8) is 0 Å². The molecule has 0 radical (unpaired) electrons. The first-order valence-corrected chi connectivity index (χ1v) is 7.87. The van der Waals surface area contributed by atoms with E-state index in [1.54, 1.807) is 0 Å². The number of benzene rings is 1. The van der Waals surface area contributed by atoms with E-state index in [0.29, 0.717) is 6.61 Å². The molecule has 0 spiro atoms. The summed E-state index contributed by atoms with van der Waals surface area (Å²) in [5.41, 5.74) is 8.46. The van der Waals surface area contributed by atoms with E-state index in [-0.39, 0.29) is 12.1 Å². The Balaban J connectivity index is 2.01. The van der Waals surface area contributed by atoms with E-state index in [2.05, 4.69) is 44.0 Å². The van der Waals surface area contributed by atoms with E-state index in [4.69, 9.17) is 15.2 Å². The number of nitrogens with two attached hydrogens (primary N) is 1. The lowest BCUT2D eigenvalue weighted by atomic mass is 10.0. The maximum Gasteiger partial charge on any atom is 0.125 e. The highest BCUT2D eigenvalue weighted by atomic mass is 16.5. The molecule has 1 aliphatic rings. The highest BCUT2D eigenvalue weighted by Gasteiger charge is 2.19. The average Bonchev–Trinajstić information content (AvgIpc) is 2.46. The number of aryl methyl sites for hydroxylation is 1. The summed E-state index contributed by atoms with van der Waals surface area (Å²) in [4.78, 5) is 2.28. The van der Waals surface area contributed by atoms with E-state index in [1.807, 2.05) is 0 Å². The largest absolute Gasteiger partial charge is 0.490 e. The van der Waals surface area contributed by atoms with E-state index >= 15 is 0 Å². The first kappa shape index (κ1) is 16.3. The van der Waals surface area contributed by atoms with Gasteiger partial charge in [0.05, 0.1) is 6.61 Å². The monoisotopic (exact) mass is 292 g/mol. The Bertz CT molecular complexity index is 450. The molecule has 1 aliphatic heterocycles. The van der Waals surface area contributed by atoms with E-state index in [0.717, 1.165) is 38.3 Å². The number of rotatable bonds is 6. The van der Waals surface area contributed by atoms with Crippen molar-refractivity contribution in [2.24, 2.45) is 5.73 Å². The molecular formula is C17H28N2O2. The lowest BCUT2D eigenvalue weighted by molar-refractivity contribution is -0.0405. The summed E-state index contributed by atoms with van der Waals surface area (Å²) in [6, 6.07) is 6.46. The van der Waals surface area contributed by atoms with Gasteiger partial charge in [0.25, 0.3) is 0 Å². The second-order valence-corrected chi connectivity index (χ2v) is 6.00.